The largest absolute Gasteiger partial charge is 0.459 e. The summed E-state index contributed by atoms with van der Waals surface area (Å²) in [5.41, 5.74) is 9.61. The number of pyridine rings is 1. The van der Waals surface area contributed by atoms with Crippen LogP contribution in [-0.2, 0) is 11.2 Å². The number of anilines is 2. The fourth-order valence-corrected chi connectivity index (χ4v) is 4.56. The number of nitrogen functional groups attached to an aromatic ring is 1. The molecule has 0 bridgehead atoms. The maximum absolute atomic E-state index is 12.3. The second-order valence-electron chi connectivity index (χ2n) is 9.41. The molecule has 1 saturated heterocycles. The van der Waals surface area contributed by atoms with Crippen molar-refractivity contribution in [2.24, 2.45) is 0 Å². The summed E-state index contributed by atoms with van der Waals surface area (Å²) in [4.78, 5) is 29.8. The van der Waals surface area contributed by atoms with E-state index < -0.39 is 0 Å². The van der Waals surface area contributed by atoms with E-state index in [9.17, 15) is 4.79 Å². The molecule has 12 heteroatoms. The van der Waals surface area contributed by atoms with Gasteiger partial charge in [-0.25, -0.2) is 14.5 Å². The molecule has 0 saturated carbocycles. The van der Waals surface area contributed by atoms with Gasteiger partial charge in [0, 0.05) is 45.3 Å². The summed E-state index contributed by atoms with van der Waals surface area (Å²) >= 11 is 0. The summed E-state index contributed by atoms with van der Waals surface area (Å²) in [5, 5.41) is 16.3. The molecule has 200 valence electrons. The third-order valence-electron chi connectivity index (χ3n) is 6.43. The highest BCUT2D eigenvalue weighted by Gasteiger charge is 2.23. The van der Waals surface area contributed by atoms with E-state index in [0.29, 0.717) is 31.7 Å². The van der Waals surface area contributed by atoms with Crippen molar-refractivity contribution in [3.05, 3.63) is 35.3 Å². The topological polar surface area (TPSA) is 147 Å². The van der Waals surface area contributed by atoms with Crippen LogP contribution in [0.5, 0.6) is 6.01 Å². The lowest BCUT2D eigenvalue weighted by Gasteiger charge is -2.36. The minimum atomic E-state index is -0.00358. The van der Waals surface area contributed by atoms with Crippen LogP contribution in [0.25, 0.3) is 5.65 Å². The number of imidazole rings is 1. The molecule has 4 N–H and O–H groups in total. The Morgan fingerprint density at radius 3 is 2.73 bits per heavy atom. The third kappa shape index (κ3) is 6.44. The van der Waals surface area contributed by atoms with Crippen LogP contribution in [0.1, 0.15) is 43.5 Å². The number of fused-ring (bicyclic) bond motifs is 1. The molecule has 3 aromatic rings. The molecule has 3 aromatic heterocycles. The second-order valence-corrected chi connectivity index (χ2v) is 9.41. The molecule has 0 radical (unpaired) electrons. The fraction of sp³-hybridized carbons (Fsp3) is 0.560. The third-order valence-corrected chi connectivity index (χ3v) is 6.43. The number of ether oxygens (including phenoxy) is 1. The lowest BCUT2D eigenvalue weighted by Crippen LogP contribution is -2.51. The number of carbonyl (C=O) groups excluding carboxylic acids is 1. The summed E-state index contributed by atoms with van der Waals surface area (Å²) in [6.07, 6.45) is 6.13. The number of amides is 1. The first-order valence-corrected chi connectivity index (χ1v) is 12.9. The monoisotopic (exact) mass is 511 g/mol. The van der Waals surface area contributed by atoms with Gasteiger partial charge in [-0.2, -0.15) is 4.98 Å². The van der Waals surface area contributed by atoms with Gasteiger partial charge in [0.2, 0.25) is 5.91 Å². The Labute approximate surface area is 216 Å². The number of nitrogens with two attached hydrogens (primary N) is 1. The van der Waals surface area contributed by atoms with E-state index in [-0.39, 0.29) is 37.0 Å². The molecule has 0 aliphatic carbocycles. The summed E-state index contributed by atoms with van der Waals surface area (Å²) in [6, 6.07) is 2.38. The van der Waals surface area contributed by atoms with Gasteiger partial charge in [0.15, 0.2) is 11.5 Å². The van der Waals surface area contributed by atoms with Crippen LogP contribution in [0.3, 0.4) is 0 Å². The van der Waals surface area contributed by atoms with E-state index in [4.69, 9.17) is 20.6 Å². The van der Waals surface area contributed by atoms with E-state index in [0.717, 1.165) is 48.6 Å². The predicted molar refractivity (Wildman–Crippen MR) is 141 cm³/mol. The zero-order chi connectivity index (χ0) is 26.4. The van der Waals surface area contributed by atoms with E-state index in [2.05, 4.69) is 45.2 Å². The van der Waals surface area contributed by atoms with Crippen molar-refractivity contribution in [2.75, 3.05) is 56.5 Å². The number of piperazine rings is 1. The first kappa shape index (κ1) is 26.6. The summed E-state index contributed by atoms with van der Waals surface area (Å²) in [7, 11) is 0. The molecule has 12 nitrogen and oxygen atoms in total. The molecule has 0 unspecified atom stereocenters. The van der Waals surface area contributed by atoms with Gasteiger partial charge in [-0.3, -0.25) is 4.79 Å². The average Bonchev–Trinajstić information content (AvgIpc) is 3.27. The van der Waals surface area contributed by atoms with Crippen molar-refractivity contribution in [1.82, 2.24) is 34.8 Å². The molecule has 0 spiro atoms. The lowest BCUT2D eigenvalue weighted by atomic mass is 10.1. The SMILES string of the molecule is CCC[C@H](C)Oc1nc(N)c2ncc(Cc3cnc(N4CCN(C(=O)CNCCO)CC4)c(C)c3)n2n1. The number of hydrogen-bond acceptors (Lipinski definition) is 10. The van der Waals surface area contributed by atoms with Crippen LogP contribution in [0.2, 0.25) is 0 Å². The van der Waals surface area contributed by atoms with Gasteiger partial charge in [-0.15, -0.1) is 5.10 Å². The summed E-state index contributed by atoms with van der Waals surface area (Å²) < 4.78 is 7.56. The van der Waals surface area contributed by atoms with Gasteiger partial charge in [-0.05, 0) is 31.4 Å². The molecular weight excluding hydrogens is 474 g/mol. The van der Waals surface area contributed by atoms with Crippen LogP contribution in [0.15, 0.2) is 18.5 Å². The number of rotatable bonds is 11. The van der Waals surface area contributed by atoms with Crippen molar-refractivity contribution < 1.29 is 14.6 Å². The smallest absolute Gasteiger partial charge is 0.336 e. The summed E-state index contributed by atoms with van der Waals surface area (Å²) in [5.74, 6) is 1.27. The van der Waals surface area contributed by atoms with Crippen LogP contribution >= 0.6 is 0 Å². The Morgan fingerprint density at radius 1 is 1.24 bits per heavy atom. The highest BCUT2D eigenvalue weighted by atomic mass is 16.5. The number of nitrogens with one attached hydrogen (secondary N) is 1. The Hall–Kier alpha value is -3.51. The Bertz CT molecular complexity index is 1210. The van der Waals surface area contributed by atoms with Crippen molar-refractivity contribution in [3.63, 3.8) is 0 Å². The molecule has 1 aliphatic rings. The summed E-state index contributed by atoms with van der Waals surface area (Å²) in [6.45, 7) is 9.58. The fourth-order valence-electron chi connectivity index (χ4n) is 4.56. The number of carbonyl (C=O) groups is 1. The van der Waals surface area contributed by atoms with Gasteiger partial charge in [-0.1, -0.05) is 19.4 Å². The van der Waals surface area contributed by atoms with Crippen LogP contribution < -0.4 is 20.7 Å². The van der Waals surface area contributed by atoms with Crippen molar-refractivity contribution in [1.29, 1.82) is 0 Å². The molecule has 1 fully saturated rings. The Balaban J connectivity index is 1.42. The van der Waals surface area contributed by atoms with Crippen LogP contribution in [0.4, 0.5) is 11.6 Å². The predicted octanol–water partition coefficient (Wildman–Crippen LogP) is 0.799. The van der Waals surface area contributed by atoms with Crippen LogP contribution in [0, 0.1) is 6.92 Å². The highest BCUT2D eigenvalue weighted by Crippen LogP contribution is 2.22. The highest BCUT2D eigenvalue weighted by molar-refractivity contribution is 5.78. The maximum Gasteiger partial charge on any atom is 0.336 e. The van der Waals surface area contributed by atoms with E-state index in [1.807, 2.05) is 18.0 Å². The molecule has 1 aliphatic heterocycles. The molecule has 1 amide bonds. The molecule has 4 heterocycles. The van der Waals surface area contributed by atoms with Crippen molar-refractivity contribution in [2.45, 2.75) is 46.1 Å². The van der Waals surface area contributed by atoms with Crippen molar-refractivity contribution in [3.8, 4) is 6.01 Å². The second kappa shape index (κ2) is 12.2. The zero-order valence-corrected chi connectivity index (χ0v) is 21.9. The first-order valence-electron chi connectivity index (χ1n) is 12.9. The van der Waals surface area contributed by atoms with Crippen LogP contribution in [-0.4, -0.2) is 92.5 Å². The Kier molecular flexibility index (Phi) is 8.72. The molecule has 1 atom stereocenters. The number of hydrogen-bond donors (Lipinski definition) is 3. The van der Waals surface area contributed by atoms with Gasteiger partial charge in [0.25, 0.3) is 0 Å². The number of nitrogens with zero attached hydrogens (tertiary/aromatic N) is 7. The minimum absolute atomic E-state index is 0.00358. The number of aliphatic hydroxyl groups is 1. The van der Waals surface area contributed by atoms with Crippen molar-refractivity contribution >= 4 is 23.2 Å². The van der Waals surface area contributed by atoms with Gasteiger partial charge in [0.1, 0.15) is 5.82 Å². The Morgan fingerprint density at radius 2 is 2.03 bits per heavy atom. The molecule has 4 rings (SSSR count). The first-order chi connectivity index (χ1) is 17.9. The van der Waals surface area contributed by atoms with E-state index >= 15 is 0 Å². The van der Waals surface area contributed by atoms with Gasteiger partial charge in [0.05, 0.1) is 31.1 Å². The maximum atomic E-state index is 12.3. The molecule has 37 heavy (non-hydrogen) atoms. The molecule has 0 aromatic carbocycles. The zero-order valence-electron chi connectivity index (χ0n) is 21.9. The quantitative estimate of drug-likeness (QED) is 0.316. The minimum Gasteiger partial charge on any atom is -0.459 e. The number of aromatic nitrogens is 5. The number of aliphatic hydroxyl groups excluding tert-OH is 1. The average molecular weight is 512 g/mol. The normalized spacial score (nSPS) is 14.8. The van der Waals surface area contributed by atoms with Gasteiger partial charge < -0.3 is 30.7 Å². The van der Waals surface area contributed by atoms with E-state index in [1.54, 1.807) is 10.7 Å². The molecular formula is C25H37N9O3. The lowest BCUT2D eigenvalue weighted by molar-refractivity contribution is -0.130. The van der Waals surface area contributed by atoms with E-state index in [1.165, 1.54) is 0 Å². The number of aryl methyl sites for hydroxylation is 1. The van der Waals surface area contributed by atoms with Gasteiger partial charge >= 0.3 is 6.01 Å². The standard InChI is InChI=1S/C25H37N9O3/c1-4-5-18(3)37-25-30-22(26)24-29-15-20(34(24)31-25)13-19-12-17(2)23(28-14-19)33-9-7-32(8-10-33)21(36)16-27-6-11-35/h12,14-15,18,27,35H,4-11,13,16H2,1-3H3,(H2,26,30,31)/t18-/m0/s1.